The number of carbonyl (C=O) groups is 2. The first kappa shape index (κ1) is 34.5. The van der Waals surface area contributed by atoms with E-state index in [9.17, 15) is 14.7 Å². The van der Waals surface area contributed by atoms with Gasteiger partial charge in [0.1, 0.15) is 23.3 Å². The number of phenols is 1. The number of aromatic nitrogens is 1. The van der Waals surface area contributed by atoms with Gasteiger partial charge in [0, 0.05) is 42.7 Å². The lowest BCUT2D eigenvalue weighted by Crippen LogP contribution is -3.16. The first-order chi connectivity index (χ1) is 23.7. The monoisotopic (exact) mass is 703 g/mol. The van der Waals surface area contributed by atoms with Crippen LogP contribution in [0.4, 0.5) is 5.82 Å². The Morgan fingerprint density at radius 2 is 1.94 bits per heavy atom. The summed E-state index contributed by atoms with van der Waals surface area (Å²) < 4.78 is 5.50. The number of fused-ring (bicyclic) bond motifs is 8. The number of phenolic OH excluding ortho intramolecular Hbond substituents is 1. The molecule has 1 aromatic heterocycles. The second-order valence-corrected chi connectivity index (χ2v) is 17.7. The summed E-state index contributed by atoms with van der Waals surface area (Å²) in [5.74, 6) is 2.11. The van der Waals surface area contributed by atoms with Crippen LogP contribution in [0.25, 0.3) is 6.08 Å². The fraction of sp³-hybridized carbons (Fsp3) is 0.564. The molecule has 0 saturated heterocycles. The van der Waals surface area contributed by atoms with Crippen molar-refractivity contribution in [3.8, 4) is 11.5 Å². The first-order valence-corrected chi connectivity index (χ1v) is 20.6. The molecule has 1 unspecified atom stereocenters. The molecule has 4 bridgehead atoms. The number of aromatic hydroxyl groups is 1. The van der Waals surface area contributed by atoms with Gasteiger partial charge in [-0.25, -0.2) is 4.98 Å². The largest absolute Gasteiger partial charge is 0.504 e. The fourth-order valence-electron chi connectivity index (χ4n) is 9.46. The number of nitrogens with two attached hydrogens (primary N) is 1. The lowest BCUT2D eigenvalue weighted by Gasteiger charge is -2.41. The Labute approximate surface area is 298 Å². The number of nitrogen functional groups attached to an aromatic ring is 1. The van der Waals surface area contributed by atoms with Crippen molar-refractivity contribution >= 4 is 45.0 Å². The average molecular weight is 704 g/mol. The number of pyridine rings is 1. The molecule has 7 rings (SSSR count). The zero-order valence-electron chi connectivity index (χ0n) is 28.9. The maximum atomic E-state index is 13.6. The molecule has 0 amide bonds. The molecule has 1 aromatic carbocycles. The number of hydrogen-bond acceptors (Lipinski definition) is 9. The summed E-state index contributed by atoms with van der Waals surface area (Å²) in [6, 6.07) is 5.90. The van der Waals surface area contributed by atoms with Crippen molar-refractivity contribution in [2.24, 2.45) is 11.3 Å². The highest BCUT2D eigenvalue weighted by atomic mass is 33.1. The molecule has 10 heteroatoms. The molecule has 2 aliphatic heterocycles. The van der Waals surface area contributed by atoms with Crippen LogP contribution in [0.5, 0.6) is 11.5 Å². The standard InChI is InChI=1S/C39H50N4O4S2/c1-3-25-6-8-29(44)19-33(45)26-7-9-30(31-20-34(46)35(47-2)18-27(31)16-26)28-17-32(37(40)42-21-28)36(49-48-22-25)39(43-15-14-41-24-43)13-12-38(23-39)10-4-5-11-38/h14-18,20-21,25,30,36,41,46H,3-13,19,22-24H2,1-2H3,(H2,40,42)/p+1/t25-,30+,36-,39-/m0/s1. The molecule has 2 aromatic rings. The van der Waals surface area contributed by atoms with E-state index in [1.165, 1.54) is 50.5 Å². The molecule has 2 fully saturated rings. The number of hydrogen-bond donors (Lipinski definition) is 4. The number of ether oxygens (including phenoxy) is 1. The van der Waals surface area contributed by atoms with E-state index in [1.807, 2.05) is 39.9 Å². The summed E-state index contributed by atoms with van der Waals surface area (Å²) in [4.78, 5) is 33.2. The van der Waals surface area contributed by atoms with E-state index in [1.54, 1.807) is 6.07 Å². The topological polar surface area (TPSA) is 119 Å². The molecule has 8 nitrogen and oxygen atoms in total. The van der Waals surface area contributed by atoms with E-state index in [-0.39, 0.29) is 40.4 Å². The van der Waals surface area contributed by atoms with Crippen molar-refractivity contribution in [1.29, 1.82) is 0 Å². The van der Waals surface area contributed by atoms with Crippen LogP contribution in [0.1, 0.15) is 124 Å². The van der Waals surface area contributed by atoms with Crippen LogP contribution in [0.3, 0.4) is 0 Å². The number of benzene rings is 1. The smallest absolute Gasteiger partial charge is 0.166 e. The number of nitrogens with zero attached hydrogens (tertiary/aromatic N) is 1. The first-order valence-electron chi connectivity index (χ1n) is 18.2. The quantitative estimate of drug-likeness (QED) is 0.200. The number of carbonyl (C=O) groups excluding carboxylic acids is 2. The Kier molecular flexibility index (Phi) is 10.1. The number of methoxy groups -OCH3 is 1. The maximum Gasteiger partial charge on any atom is 0.166 e. The highest BCUT2D eigenvalue weighted by molar-refractivity contribution is 8.76. The third-order valence-electron chi connectivity index (χ3n) is 12.3. The zero-order valence-corrected chi connectivity index (χ0v) is 30.5. The molecule has 1 spiro atoms. The molecule has 5 atom stereocenters. The van der Waals surface area contributed by atoms with Crippen molar-refractivity contribution < 1.29 is 24.3 Å². The summed E-state index contributed by atoms with van der Waals surface area (Å²) in [7, 11) is 5.42. The summed E-state index contributed by atoms with van der Waals surface area (Å²) in [6.45, 7) is 3.07. The van der Waals surface area contributed by atoms with Gasteiger partial charge in [-0.05, 0) is 96.4 Å². The number of quaternary nitrogens is 1. The van der Waals surface area contributed by atoms with Crippen molar-refractivity contribution in [2.45, 2.75) is 107 Å². The van der Waals surface area contributed by atoms with Crippen molar-refractivity contribution in [2.75, 3.05) is 25.3 Å². The Hall–Kier alpha value is -2.95. The van der Waals surface area contributed by atoms with Gasteiger partial charge in [-0.15, -0.1) is 0 Å². The van der Waals surface area contributed by atoms with Crippen molar-refractivity contribution in [3.05, 3.63) is 64.6 Å². The van der Waals surface area contributed by atoms with E-state index >= 15 is 0 Å². The second-order valence-electron chi connectivity index (χ2n) is 15.1. The van der Waals surface area contributed by atoms with E-state index in [0.29, 0.717) is 47.7 Å². The maximum absolute atomic E-state index is 13.6. The minimum atomic E-state index is -0.129. The number of ketones is 2. The fourth-order valence-corrected chi connectivity index (χ4v) is 13.2. The average Bonchev–Trinajstić information content (AvgIpc) is 3.86. The molecule has 3 aliphatic carbocycles. The summed E-state index contributed by atoms with van der Waals surface area (Å²) in [5, 5.41) is 14.6. The van der Waals surface area contributed by atoms with Crippen LogP contribution in [0.15, 0.2) is 42.4 Å². The van der Waals surface area contributed by atoms with E-state index in [2.05, 4.69) is 30.7 Å². The van der Waals surface area contributed by atoms with E-state index in [4.69, 9.17) is 15.5 Å². The predicted octanol–water partition coefficient (Wildman–Crippen LogP) is 6.86. The Bertz CT molecular complexity index is 1650. The van der Waals surface area contributed by atoms with Crippen LogP contribution in [-0.2, 0) is 9.59 Å². The SMILES string of the molecule is CC[C@H]1CCC(=O)CC(=O)C2=Cc3cc(OC)c(O)cc3[C@H](CC2)c2cnc(N)c(c2)[C@@H]([C@]2([NH+]3C=CNC3)CCC3(CCCC3)C2)SSC1. The normalized spacial score (nSPS) is 30.1. The number of anilines is 1. The van der Waals surface area contributed by atoms with E-state index in [0.717, 1.165) is 53.9 Å². The van der Waals surface area contributed by atoms with Gasteiger partial charge < -0.3 is 20.9 Å². The molecule has 262 valence electrons. The minimum Gasteiger partial charge on any atom is -0.504 e. The third kappa shape index (κ3) is 6.77. The molecule has 2 saturated carbocycles. The minimum absolute atomic E-state index is 0.0146. The molecular formula is C39H51N4O4S2+. The molecule has 3 heterocycles. The van der Waals surface area contributed by atoms with Gasteiger partial charge in [-0.1, -0.05) is 47.8 Å². The highest BCUT2D eigenvalue weighted by Gasteiger charge is 2.59. The lowest BCUT2D eigenvalue weighted by atomic mass is 9.78. The van der Waals surface area contributed by atoms with Gasteiger partial charge in [-0.2, -0.15) is 0 Å². The molecule has 5 N–H and O–H groups in total. The number of nitrogens with one attached hydrogen (secondary N) is 2. The third-order valence-corrected chi connectivity index (χ3v) is 15.4. The lowest BCUT2D eigenvalue weighted by molar-refractivity contribution is -0.901. The highest BCUT2D eigenvalue weighted by Crippen LogP contribution is 2.60. The van der Waals surface area contributed by atoms with Gasteiger partial charge >= 0.3 is 0 Å². The zero-order chi connectivity index (χ0) is 34.2. The van der Waals surface area contributed by atoms with Crippen LogP contribution in [0.2, 0.25) is 0 Å². The summed E-state index contributed by atoms with van der Waals surface area (Å²) >= 11 is 0. The van der Waals surface area contributed by atoms with Gasteiger partial charge in [-0.3, -0.25) is 14.5 Å². The van der Waals surface area contributed by atoms with Crippen LogP contribution >= 0.6 is 21.6 Å². The van der Waals surface area contributed by atoms with Gasteiger partial charge in [0.15, 0.2) is 24.0 Å². The molecule has 5 aliphatic rings. The van der Waals surface area contributed by atoms with Gasteiger partial charge in [0.25, 0.3) is 0 Å². The Morgan fingerprint density at radius 1 is 1.10 bits per heavy atom. The predicted molar refractivity (Wildman–Crippen MR) is 198 cm³/mol. The molecule has 49 heavy (non-hydrogen) atoms. The van der Waals surface area contributed by atoms with Crippen molar-refractivity contribution in [3.63, 3.8) is 0 Å². The van der Waals surface area contributed by atoms with Crippen LogP contribution in [-0.4, -0.2) is 46.7 Å². The van der Waals surface area contributed by atoms with Gasteiger partial charge in [0.05, 0.1) is 25.0 Å². The van der Waals surface area contributed by atoms with Crippen LogP contribution in [0, 0.1) is 11.3 Å². The summed E-state index contributed by atoms with van der Waals surface area (Å²) in [5.41, 5.74) is 11.8. The Morgan fingerprint density at radius 3 is 2.69 bits per heavy atom. The molecular weight excluding hydrogens is 653 g/mol. The summed E-state index contributed by atoms with van der Waals surface area (Å²) in [6.07, 6.45) is 20.4. The van der Waals surface area contributed by atoms with E-state index < -0.39 is 0 Å². The Balaban J connectivity index is 1.37. The van der Waals surface area contributed by atoms with Crippen LogP contribution < -0.4 is 20.7 Å². The number of Topliss-reactive ketones (excluding diaryl/α,β-unsaturated/α-hetero) is 2. The second kappa shape index (κ2) is 14.3. The molecule has 0 radical (unpaired) electrons. The number of allylic oxidation sites excluding steroid dienone is 1. The van der Waals surface area contributed by atoms with Crippen molar-refractivity contribution in [1.82, 2.24) is 10.3 Å². The van der Waals surface area contributed by atoms with Gasteiger partial charge in [0.2, 0.25) is 0 Å². The number of rotatable bonds is 4.